The van der Waals surface area contributed by atoms with Crippen LogP contribution < -0.4 is 5.32 Å². The summed E-state index contributed by atoms with van der Waals surface area (Å²) in [6.45, 7) is 1.55. The predicted octanol–water partition coefficient (Wildman–Crippen LogP) is -0.789. The van der Waals surface area contributed by atoms with E-state index in [0.29, 0.717) is 0 Å². The largest absolute Gasteiger partial charge is 0.358 e. The van der Waals surface area contributed by atoms with Gasteiger partial charge in [0.2, 0.25) is 11.8 Å². The maximum atomic E-state index is 10.6. The van der Waals surface area contributed by atoms with Crippen LogP contribution in [0.1, 0.15) is 6.92 Å². The Balaban J connectivity index is 3.68. The Morgan fingerprint density at radius 1 is 1.50 bits per heavy atom. The molecular weight excluding hydrogens is 132 g/mol. The Morgan fingerprint density at radius 2 is 2.00 bits per heavy atom. The van der Waals surface area contributed by atoms with E-state index in [-0.39, 0.29) is 18.4 Å². The van der Waals surface area contributed by atoms with Gasteiger partial charge in [-0.25, -0.2) is 0 Å². The van der Waals surface area contributed by atoms with Gasteiger partial charge in [0.15, 0.2) is 0 Å². The molecule has 0 spiro atoms. The Bertz CT molecular complexity index is 145. The quantitative estimate of drug-likeness (QED) is 0.552. The molecule has 0 aromatic rings. The van der Waals surface area contributed by atoms with Gasteiger partial charge in [-0.15, -0.1) is 0 Å². The van der Waals surface area contributed by atoms with Gasteiger partial charge in [0.25, 0.3) is 0 Å². The lowest BCUT2D eigenvalue weighted by Gasteiger charge is -2.12. The van der Waals surface area contributed by atoms with Gasteiger partial charge in [0.1, 0.15) is 0 Å². The summed E-state index contributed by atoms with van der Waals surface area (Å²) >= 11 is 0. The second-order valence-electron chi connectivity index (χ2n) is 2.05. The van der Waals surface area contributed by atoms with E-state index in [9.17, 15) is 9.59 Å². The van der Waals surface area contributed by atoms with Crippen molar-refractivity contribution in [3.8, 4) is 0 Å². The van der Waals surface area contributed by atoms with E-state index >= 15 is 0 Å². The number of carbonyl (C=O) groups excluding carboxylic acids is 2. The summed E-state index contributed by atoms with van der Waals surface area (Å²) in [6, 6.07) is 0. The number of likely N-dealkylation sites (N-methyl/N-ethyl adjacent to an activating group) is 2. The highest BCUT2D eigenvalue weighted by Crippen LogP contribution is 1.81. The van der Waals surface area contributed by atoms with Crippen LogP contribution in [0.2, 0.25) is 0 Å². The number of nitrogens with zero attached hydrogens (tertiary/aromatic N) is 1. The number of rotatable bonds is 2. The van der Waals surface area contributed by atoms with Crippen molar-refractivity contribution in [2.24, 2.45) is 0 Å². The zero-order valence-corrected chi connectivity index (χ0v) is 6.47. The summed E-state index contributed by atoms with van der Waals surface area (Å²) in [5.74, 6) is -0.263. The van der Waals surface area contributed by atoms with E-state index in [1.54, 1.807) is 7.05 Å². The van der Waals surface area contributed by atoms with E-state index in [4.69, 9.17) is 0 Å². The Labute approximate surface area is 60.2 Å². The molecule has 0 aromatic carbocycles. The summed E-state index contributed by atoms with van der Waals surface area (Å²) in [5.41, 5.74) is 0. The number of carbonyl (C=O) groups is 2. The van der Waals surface area contributed by atoms with Gasteiger partial charge in [-0.3, -0.25) is 9.59 Å². The number of hydrogen-bond acceptors (Lipinski definition) is 2. The normalized spacial score (nSPS) is 8.70. The molecule has 0 atom stereocenters. The molecule has 0 bridgehead atoms. The van der Waals surface area contributed by atoms with Crippen LogP contribution in [0.15, 0.2) is 0 Å². The van der Waals surface area contributed by atoms with E-state index in [1.165, 1.54) is 18.9 Å². The molecular formula is C6H12N2O2. The molecule has 0 aliphatic carbocycles. The van der Waals surface area contributed by atoms with Crippen molar-refractivity contribution in [2.75, 3.05) is 20.6 Å². The summed E-state index contributed by atoms with van der Waals surface area (Å²) in [6.07, 6.45) is 0. The lowest BCUT2D eigenvalue weighted by atomic mass is 10.5. The third-order valence-corrected chi connectivity index (χ3v) is 1.20. The summed E-state index contributed by atoms with van der Waals surface area (Å²) in [4.78, 5) is 22.5. The van der Waals surface area contributed by atoms with Crippen molar-refractivity contribution in [2.45, 2.75) is 6.92 Å². The highest BCUT2D eigenvalue weighted by molar-refractivity contribution is 5.83. The zero-order chi connectivity index (χ0) is 8.15. The fourth-order valence-corrected chi connectivity index (χ4v) is 0.406. The minimum atomic E-state index is -0.155. The molecule has 58 valence electrons. The molecule has 0 saturated carbocycles. The van der Waals surface area contributed by atoms with Crippen LogP contribution in [0.5, 0.6) is 0 Å². The average Bonchev–Trinajstić information content (AvgIpc) is 1.87. The van der Waals surface area contributed by atoms with Crippen molar-refractivity contribution in [1.29, 1.82) is 0 Å². The van der Waals surface area contributed by atoms with Crippen molar-refractivity contribution >= 4 is 11.8 Å². The van der Waals surface area contributed by atoms with Gasteiger partial charge in [-0.05, 0) is 0 Å². The summed E-state index contributed by atoms with van der Waals surface area (Å²) < 4.78 is 0. The highest BCUT2D eigenvalue weighted by atomic mass is 16.2. The van der Waals surface area contributed by atoms with E-state index in [0.717, 1.165) is 0 Å². The third kappa shape index (κ3) is 3.06. The minimum absolute atomic E-state index is 0.108. The maximum Gasteiger partial charge on any atom is 0.239 e. The maximum absolute atomic E-state index is 10.6. The molecule has 0 fully saturated rings. The van der Waals surface area contributed by atoms with Crippen molar-refractivity contribution < 1.29 is 9.59 Å². The van der Waals surface area contributed by atoms with Gasteiger partial charge in [-0.2, -0.15) is 0 Å². The molecule has 4 heteroatoms. The van der Waals surface area contributed by atoms with Gasteiger partial charge < -0.3 is 10.2 Å². The first-order valence-electron chi connectivity index (χ1n) is 3.00. The Morgan fingerprint density at radius 3 is 2.30 bits per heavy atom. The third-order valence-electron chi connectivity index (χ3n) is 1.20. The first kappa shape index (κ1) is 8.94. The molecule has 2 amide bonds. The van der Waals surface area contributed by atoms with Gasteiger partial charge in [-0.1, -0.05) is 0 Å². The van der Waals surface area contributed by atoms with Crippen molar-refractivity contribution in [3.63, 3.8) is 0 Å². The predicted molar refractivity (Wildman–Crippen MR) is 37.4 cm³/mol. The summed E-state index contributed by atoms with van der Waals surface area (Å²) in [7, 11) is 3.12. The average molecular weight is 144 g/mol. The molecule has 0 saturated heterocycles. The number of amides is 2. The van der Waals surface area contributed by atoms with Crippen LogP contribution in [0.25, 0.3) is 0 Å². The van der Waals surface area contributed by atoms with E-state index < -0.39 is 0 Å². The summed E-state index contributed by atoms with van der Waals surface area (Å²) in [5, 5.41) is 2.42. The fraction of sp³-hybridized carbons (Fsp3) is 0.667. The molecule has 0 unspecified atom stereocenters. The smallest absolute Gasteiger partial charge is 0.239 e. The van der Waals surface area contributed by atoms with Gasteiger partial charge >= 0.3 is 0 Å². The Hall–Kier alpha value is -1.06. The molecule has 0 radical (unpaired) electrons. The molecule has 0 aliphatic heterocycles. The molecule has 10 heavy (non-hydrogen) atoms. The first-order valence-corrected chi connectivity index (χ1v) is 3.00. The number of nitrogens with one attached hydrogen (secondary N) is 1. The first-order chi connectivity index (χ1) is 4.57. The molecule has 0 aromatic heterocycles. The lowest BCUT2D eigenvalue weighted by molar-refractivity contribution is -0.132. The fourth-order valence-electron chi connectivity index (χ4n) is 0.406. The number of hydrogen-bond donors (Lipinski definition) is 1. The highest BCUT2D eigenvalue weighted by Gasteiger charge is 2.05. The van der Waals surface area contributed by atoms with Gasteiger partial charge in [0, 0.05) is 21.0 Å². The van der Waals surface area contributed by atoms with Crippen LogP contribution in [0, 0.1) is 0 Å². The van der Waals surface area contributed by atoms with E-state index in [1.807, 2.05) is 0 Å². The minimum Gasteiger partial charge on any atom is -0.358 e. The second-order valence-corrected chi connectivity index (χ2v) is 2.05. The molecule has 1 N–H and O–H groups in total. The standard InChI is InChI=1S/C6H12N2O2/c1-5(9)8(3)4-6(10)7-2/h4H2,1-3H3,(H,7,10). The topological polar surface area (TPSA) is 49.4 Å². The molecule has 4 nitrogen and oxygen atoms in total. The van der Waals surface area contributed by atoms with Crippen LogP contribution in [0.4, 0.5) is 0 Å². The van der Waals surface area contributed by atoms with Crippen LogP contribution >= 0.6 is 0 Å². The SMILES string of the molecule is CNC(=O)CN(C)C(C)=O. The second kappa shape index (κ2) is 3.87. The molecule has 0 rings (SSSR count). The van der Waals surface area contributed by atoms with Crippen molar-refractivity contribution in [1.82, 2.24) is 10.2 Å². The monoisotopic (exact) mass is 144 g/mol. The van der Waals surface area contributed by atoms with E-state index in [2.05, 4.69) is 5.32 Å². The van der Waals surface area contributed by atoms with Crippen LogP contribution in [-0.2, 0) is 9.59 Å². The zero-order valence-electron chi connectivity index (χ0n) is 6.47. The molecule has 0 aliphatic rings. The Kier molecular flexibility index (Phi) is 3.46. The van der Waals surface area contributed by atoms with Crippen molar-refractivity contribution in [3.05, 3.63) is 0 Å². The van der Waals surface area contributed by atoms with Crippen LogP contribution in [-0.4, -0.2) is 37.4 Å². The lowest BCUT2D eigenvalue weighted by Crippen LogP contribution is -2.35. The van der Waals surface area contributed by atoms with Gasteiger partial charge in [0.05, 0.1) is 6.54 Å². The molecule has 0 heterocycles. The van der Waals surface area contributed by atoms with Crippen LogP contribution in [0.3, 0.4) is 0 Å².